The smallest absolute Gasteiger partial charge is 0.305 e. The van der Waals surface area contributed by atoms with E-state index in [1.54, 1.807) is 0 Å². The van der Waals surface area contributed by atoms with Gasteiger partial charge in [0, 0.05) is 12.0 Å². The Labute approximate surface area is 188 Å². The largest absolute Gasteiger partial charge is 0.489 e. The van der Waals surface area contributed by atoms with Crippen molar-refractivity contribution >= 4 is 11.7 Å². The minimum absolute atomic E-state index is 0.208. The van der Waals surface area contributed by atoms with Crippen LogP contribution in [-0.2, 0) is 27.4 Å². The van der Waals surface area contributed by atoms with Crippen LogP contribution in [0, 0.1) is 0 Å². The van der Waals surface area contributed by atoms with Gasteiger partial charge in [0.15, 0.2) is 0 Å². The van der Waals surface area contributed by atoms with E-state index < -0.39 is 0 Å². The number of ether oxygens (including phenoxy) is 3. The number of esters is 1. The fourth-order valence-corrected chi connectivity index (χ4v) is 3.00. The SMILES string of the molecule is CO/N=C(\COc1ccc(COc2ccc(CCC(=O)OC)cc2)cc1)c1ccccc1. The van der Waals surface area contributed by atoms with Gasteiger partial charge in [-0.1, -0.05) is 59.8 Å². The van der Waals surface area contributed by atoms with Crippen molar-refractivity contribution in [2.45, 2.75) is 19.4 Å². The van der Waals surface area contributed by atoms with Crippen LogP contribution < -0.4 is 9.47 Å². The summed E-state index contributed by atoms with van der Waals surface area (Å²) in [7, 11) is 2.92. The lowest BCUT2D eigenvalue weighted by molar-refractivity contribution is -0.140. The number of rotatable bonds is 11. The van der Waals surface area contributed by atoms with Crippen LogP contribution in [0.1, 0.15) is 23.1 Å². The molecule has 0 spiro atoms. The topological polar surface area (TPSA) is 66.3 Å². The lowest BCUT2D eigenvalue weighted by Crippen LogP contribution is -2.13. The van der Waals surface area contributed by atoms with E-state index in [1.165, 1.54) is 14.2 Å². The molecule has 6 nitrogen and oxygen atoms in total. The number of nitrogens with zero attached hydrogens (tertiary/aromatic N) is 1. The summed E-state index contributed by atoms with van der Waals surface area (Å²) in [6, 6.07) is 25.3. The Hall–Kier alpha value is -3.80. The van der Waals surface area contributed by atoms with E-state index in [2.05, 4.69) is 9.89 Å². The first kappa shape index (κ1) is 22.9. The molecule has 3 aromatic rings. The van der Waals surface area contributed by atoms with Gasteiger partial charge in [-0.2, -0.15) is 0 Å². The summed E-state index contributed by atoms with van der Waals surface area (Å²) in [5.41, 5.74) is 3.77. The number of hydrogen-bond donors (Lipinski definition) is 0. The average Bonchev–Trinajstić information content (AvgIpc) is 2.85. The maximum Gasteiger partial charge on any atom is 0.305 e. The van der Waals surface area contributed by atoms with E-state index in [4.69, 9.17) is 14.3 Å². The highest BCUT2D eigenvalue weighted by atomic mass is 16.6. The third-order valence-corrected chi connectivity index (χ3v) is 4.78. The molecule has 0 aromatic heterocycles. The van der Waals surface area contributed by atoms with Crippen molar-refractivity contribution in [2.24, 2.45) is 5.16 Å². The van der Waals surface area contributed by atoms with Crippen LogP contribution in [0.25, 0.3) is 0 Å². The predicted octanol–water partition coefficient (Wildman–Crippen LogP) is 4.80. The Bertz CT molecular complexity index is 999. The van der Waals surface area contributed by atoms with Crippen LogP contribution in [0.3, 0.4) is 0 Å². The highest BCUT2D eigenvalue weighted by Gasteiger charge is 2.06. The third kappa shape index (κ3) is 7.16. The molecule has 0 amide bonds. The lowest BCUT2D eigenvalue weighted by Gasteiger charge is -2.10. The van der Waals surface area contributed by atoms with Crippen LogP contribution >= 0.6 is 0 Å². The van der Waals surface area contributed by atoms with E-state index in [0.29, 0.717) is 26.1 Å². The molecule has 166 valence electrons. The summed E-state index contributed by atoms with van der Waals surface area (Å²) in [6.45, 7) is 0.748. The van der Waals surface area contributed by atoms with Crippen molar-refractivity contribution in [3.05, 3.63) is 95.6 Å². The summed E-state index contributed by atoms with van der Waals surface area (Å²) in [5, 5.41) is 4.07. The predicted molar refractivity (Wildman–Crippen MR) is 123 cm³/mol. The van der Waals surface area contributed by atoms with Gasteiger partial charge in [-0.25, -0.2) is 0 Å². The number of hydrogen-bond acceptors (Lipinski definition) is 6. The van der Waals surface area contributed by atoms with E-state index >= 15 is 0 Å². The first-order valence-corrected chi connectivity index (χ1v) is 10.3. The molecule has 0 N–H and O–H groups in total. The zero-order valence-corrected chi connectivity index (χ0v) is 18.3. The molecule has 0 radical (unpaired) electrons. The highest BCUT2D eigenvalue weighted by molar-refractivity contribution is 6.01. The molecule has 3 aromatic carbocycles. The molecule has 0 fully saturated rings. The summed E-state index contributed by atoms with van der Waals surface area (Å²) in [6.07, 6.45) is 1.02. The minimum Gasteiger partial charge on any atom is -0.489 e. The summed E-state index contributed by atoms with van der Waals surface area (Å²) < 4.78 is 16.4. The third-order valence-electron chi connectivity index (χ3n) is 4.78. The highest BCUT2D eigenvalue weighted by Crippen LogP contribution is 2.18. The number of benzene rings is 3. The van der Waals surface area contributed by atoms with E-state index in [1.807, 2.05) is 78.9 Å². The molecule has 0 aliphatic heterocycles. The van der Waals surface area contributed by atoms with Crippen LogP contribution in [0.15, 0.2) is 84.0 Å². The molecule has 0 aliphatic rings. The molecule has 3 rings (SSSR count). The molecule has 0 unspecified atom stereocenters. The van der Waals surface area contributed by atoms with Gasteiger partial charge in [-0.15, -0.1) is 0 Å². The van der Waals surface area contributed by atoms with Crippen molar-refractivity contribution in [3.63, 3.8) is 0 Å². The van der Waals surface area contributed by atoms with Gasteiger partial charge in [0.25, 0.3) is 0 Å². The Morgan fingerprint density at radius 1 is 0.781 bits per heavy atom. The first-order valence-electron chi connectivity index (χ1n) is 10.3. The summed E-state index contributed by atoms with van der Waals surface area (Å²) in [5.74, 6) is 1.30. The zero-order chi connectivity index (χ0) is 22.6. The summed E-state index contributed by atoms with van der Waals surface area (Å²) in [4.78, 5) is 16.2. The van der Waals surface area contributed by atoms with Crippen molar-refractivity contribution in [1.82, 2.24) is 0 Å². The molecular weight excluding hydrogens is 406 g/mol. The Kier molecular flexibility index (Phi) is 8.69. The molecule has 0 aliphatic carbocycles. The molecule has 6 heteroatoms. The van der Waals surface area contributed by atoms with Gasteiger partial charge in [0.05, 0.1) is 7.11 Å². The molecule has 0 saturated heterocycles. The van der Waals surface area contributed by atoms with Gasteiger partial charge in [-0.3, -0.25) is 4.79 Å². The van der Waals surface area contributed by atoms with Crippen molar-refractivity contribution < 1.29 is 23.8 Å². The monoisotopic (exact) mass is 433 g/mol. The number of aryl methyl sites for hydroxylation is 1. The van der Waals surface area contributed by atoms with E-state index in [-0.39, 0.29) is 5.97 Å². The quantitative estimate of drug-likeness (QED) is 0.247. The van der Waals surface area contributed by atoms with Gasteiger partial charge < -0.3 is 19.0 Å². The molecule has 0 atom stereocenters. The van der Waals surface area contributed by atoms with Crippen LogP contribution in [0.5, 0.6) is 11.5 Å². The van der Waals surface area contributed by atoms with Crippen molar-refractivity contribution in [3.8, 4) is 11.5 Å². The Balaban J connectivity index is 1.48. The maximum atomic E-state index is 11.2. The number of oxime groups is 1. The van der Waals surface area contributed by atoms with Gasteiger partial charge in [0.2, 0.25) is 0 Å². The van der Waals surface area contributed by atoms with E-state index in [9.17, 15) is 4.79 Å². The number of carbonyl (C=O) groups excluding carboxylic acids is 1. The van der Waals surface area contributed by atoms with Crippen molar-refractivity contribution in [1.29, 1.82) is 0 Å². The second-order valence-corrected chi connectivity index (χ2v) is 7.03. The van der Waals surface area contributed by atoms with Gasteiger partial charge in [-0.05, 0) is 41.8 Å². The fraction of sp³-hybridized carbons (Fsp3) is 0.231. The fourth-order valence-electron chi connectivity index (χ4n) is 3.00. The minimum atomic E-state index is -0.208. The second kappa shape index (κ2) is 12.2. The van der Waals surface area contributed by atoms with Crippen LogP contribution in [-0.4, -0.2) is 32.5 Å². The first-order chi connectivity index (χ1) is 15.7. The zero-order valence-electron chi connectivity index (χ0n) is 18.3. The molecule has 32 heavy (non-hydrogen) atoms. The Morgan fingerprint density at radius 2 is 1.41 bits per heavy atom. The molecule has 0 heterocycles. The number of methoxy groups -OCH3 is 1. The maximum absolute atomic E-state index is 11.2. The average molecular weight is 434 g/mol. The summed E-state index contributed by atoms with van der Waals surface area (Å²) >= 11 is 0. The van der Waals surface area contributed by atoms with Crippen LogP contribution in [0.4, 0.5) is 0 Å². The van der Waals surface area contributed by atoms with E-state index in [0.717, 1.165) is 33.9 Å². The lowest BCUT2D eigenvalue weighted by atomic mass is 10.1. The molecule has 0 bridgehead atoms. The second-order valence-electron chi connectivity index (χ2n) is 7.03. The van der Waals surface area contributed by atoms with Gasteiger partial charge >= 0.3 is 5.97 Å². The van der Waals surface area contributed by atoms with Crippen molar-refractivity contribution in [2.75, 3.05) is 20.8 Å². The number of carbonyl (C=O) groups is 1. The molecular formula is C26H27NO5. The van der Waals surface area contributed by atoms with Gasteiger partial charge in [0.1, 0.15) is 37.5 Å². The normalized spacial score (nSPS) is 11.0. The standard InChI is InChI=1S/C26H27NO5/c1-29-26(28)17-12-20-8-13-23(14-9-20)31-18-21-10-15-24(16-11-21)32-19-25(27-30-2)22-6-4-3-5-7-22/h3-11,13-16H,12,17-19H2,1-2H3/b27-25+. The molecule has 0 saturated carbocycles. The van der Waals surface area contributed by atoms with Crippen LogP contribution in [0.2, 0.25) is 0 Å². The Morgan fingerprint density at radius 3 is 2.03 bits per heavy atom.